The van der Waals surface area contributed by atoms with Gasteiger partial charge in [-0.2, -0.15) is 0 Å². The van der Waals surface area contributed by atoms with Crippen molar-refractivity contribution in [1.82, 2.24) is 24.3 Å². The van der Waals surface area contributed by atoms with E-state index in [1.54, 1.807) is 6.20 Å². The molecule has 1 amide bonds. The third-order valence-corrected chi connectivity index (χ3v) is 7.27. The number of aromatic amines is 1. The van der Waals surface area contributed by atoms with Gasteiger partial charge >= 0.3 is 0 Å². The van der Waals surface area contributed by atoms with Crippen LogP contribution in [-0.4, -0.2) is 43.2 Å². The van der Waals surface area contributed by atoms with Crippen LogP contribution in [0.15, 0.2) is 42.7 Å². The average Bonchev–Trinajstić information content (AvgIpc) is 3.53. The highest BCUT2D eigenvalue weighted by Gasteiger charge is 2.32. The molecule has 8 nitrogen and oxygen atoms in total. The number of hydrogen-bond acceptors (Lipinski definition) is 5. The maximum absolute atomic E-state index is 13.1. The van der Waals surface area contributed by atoms with Crippen molar-refractivity contribution in [3.63, 3.8) is 0 Å². The fourth-order valence-corrected chi connectivity index (χ4v) is 5.57. The smallest absolute Gasteiger partial charge is 0.255 e. The van der Waals surface area contributed by atoms with Crippen LogP contribution in [0.4, 0.5) is 11.5 Å². The summed E-state index contributed by atoms with van der Waals surface area (Å²) in [6.45, 7) is 5.37. The minimum Gasteiger partial charge on any atom is -0.382 e. The summed E-state index contributed by atoms with van der Waals surface area (Å²) in [6, 6.07) is 10.4. The SMILES string of the molecule is Cc1cc(C(=O)N2CCC(c3nc(C4Cc5ccccc5N4)c4c(N)nccn34)CC2)c(C)[nH]1. The van der Waals surface area contributed by atoms with E-state index in [9.17, 15) is 4.79 Å². The summed E-state index contributed by atoms with van der Waals surface area (Å²) in [6.07, 6.45) is 6.31. The molecule has 0 saturated carbocycles. The minimum atomic E-state index is 0.0640. The molecule has 0 aliphatic carbocycles. The average molecular weight is 456 g/mol. The first-order valence-corrected chi connectivity index (χ1v) is 11.9. The molecule has 0 bridgehead atoms. The van der Waals surface area contributed by atoms with E-state index in [0.29, 0.717) is 18.9 Å². The number of anilines is 2. The highest BCUT2D eigenvalue weighted by atomic mass is 16.2. The van der Waals surface area contributed by atoms with Crippen molar-refractivity contribution < 1.29 is 4.79 Å². The third kappa shape index (κ3) is 3.32. The summed E-state index contributed by atoms with van der Waals surface area (Å²) in [5, 5.41) is 3.62. The van der Waals surface area contributed by atoms with Gasteiger partial charge in [-0.3, -0.25) is 9.20 Å². The van der Waals surface area contributed by atoms with Crippen LogP contribution >= 0.6 is 0 Å². The van der Waals surface area contributed by atoms with Gasteiger partial charge in [-0.15, -0.1) is 0 Å². The van der Waals surface area contributed by atoms with E-state index in [1.807, 2.05) is 37.1 Å². The number of para-hydroxylation sites is 1. The zero-order valence-corrected chi connectivity index (χ0v) is 19.5. The monoisotopic (exact) mass is 455 g/mol. The van der Waals surface area contributed by atoms with E-state index < -0.39 is 0 Å². The maximum Gasteiger partial charge on any atom is 0.255 e. The Labute approximate surface area is 198 Å². The van der Waals surface area contributed by atoms with Gasteiger partial charge in [0.2, 0.25) is 0 Å². The minimum absolute atomic E-state index is 0.0640. The number of aryl methyl sites for hydroxylation is 2. The molecule has 34 heavy (non-hydrogen) atoms. The molecule has 3 aromatic heterocycles. The molecule has 4 aromatic rings. The lowest BCUT2D eigenvalue weighted by molar-refractivity contribution is 0.0710. The molecule has 0 spiro atoms. The molecule has 1 unspecified atom stereocenters. The molecule has 2 aliphatic rings. The molecular formula is C26H29N7O. The Morgan fingerprint density at radius 2 is 1.97 bits per heavy atom. The Morgan fingerprint density at radius 3 is 2.71 bits per heavy atom. The first-order valence-electron chi connectivity index (χ1n) is 11.9. The molecular weight excluding hydrogens is 426 g/mol. The van der Waals surface area contributed by atoms with Gasteiger partial charge in [-0.1, -0.05) is 18.2 Å². The number of hydrogen-bond donors (Lipinski definition) is 3. The third-order valence-electron chi connectivity index (χ3n) is 7.27. The second kappa shape index (κ2) is 7.90. The van der Waals surface area contributed by atoms with Crippen molar-refractivity contribution in [2.75, 3.05) is 24.1 Å². The van der Waals surface area contributed by atoms with Crippen molar-refractivity contribution in [3.8, 4) is 0 Å². The van der Waals surface area contributed by atoms with Gasteiger partial charge in [0, 0.05) is 54.9 Å². The number of benzene rings is 1. The van der Waals surface area contributed by atoms with E-state index in [-0.39, 0.29) is 17.9 Å². The van der Waals surface area contributed by atoms with Gasteiger partial charge in [0.05, 0.1) is 17.3 Å². The number of amides is 1. The lowest BCUT2D eigenvalue weighted by atomic mass is 9.95. The van der Waals surface area contributed by atoms with Gasteiger partial charge in [0.15, 0.2) is 0 Å². The summed E-state index contributed by atoms with van der Waals surface area (Å²) >= 11 is 0. The van der Waals surface area contributed by atoms with Crippen molar-refractivity contribution in [3.05, 3.63) is 76.8 Å². The normalized spacial score (nSPS) is 18.3. The molecule has 5 heterocycles. The second-order valence-electron chi connectivity index (χ2n) is 9.50. The number of rotatable bonds is 3. The topological polar surface area (TPSA) is 104 Å². The Morgan fingerprint density at radius 1 is 1.18 bits per heavy atom. The summed E-state index contributed by atoms with van der Waals surface area (Å²) < 4.78 is 2.12. The molecule has 1 saturated heterocycles. The number of fused-ring (bicyclic) bond motifs is 2. The maximum atomic E-state index is 13.1. The van der Waals surface area contributed by atoms with Crippen molar-refractivity contribution >= 4 is 22.9 Å². The number of H-pyrrole nitrogens is 1. The number of carbonyl (C=O) groups excluding carboxylic acids is 1. The van der Waals surface area contributed by atoms with E-state index >= 15 is 0 Å². The van der Waals surface area contributed by atoms with E-state index in [1.165, 1.54) is 5.56 Å². The van der Waals surface area contributed by atoms with Crippen LogP contribution in [-0.2, 0) is 6.42 Å². The van der Waals surface area contributed by atoms with Crippen molar-refractivity contribution in [2.45, 2.75) is 45.1 Å². The standard InChI is InChI=1S/C26H29N7O/c1-15-13-19(16(2)29-15)26(34)32-10-7-17(8-11-32)25-31-22(23-24(27)28-9-12-33(23)25)21-14-18-5-3-4-6-20(18)30-21/h3-6,9,12-13,17,21,29-30H,7-8,10-11,14H2,1-2H3,(H2,27,28). The number of likely N-dealkylation sites (tertiary alicyclic amines) is 1. The number of piperidine rings is 1. The Balaban J connectivity index is 1.27. The zero-order valence-electron chi connectivity index (χ0n) is 19.5. The van der Waals surface area contributed by atoms with Crippen molar-refractivity contribution in [1.29, 1.82) is 0 Å². The Kier molecular flexibility index (Phi) is 4.83. The number of imidazole rings is 1. The van der Waals surface area contributed by atoms with Gasteiger partial charge in [-0.25, -0.2) is 9.97 Å². The van der Waals surface area contributed by atoms with Crippen LogP contribution in [0.3, 0.4) is 0 Å². The predicted molar refractivity (Wildman–Crippen MR) is 132 cm³/mol. The largest absolute Gasteiger partial charge is 0.382 e. The van der Waals surface area contributed by atoms with Gasteiger partial charge < -0.3 is 20.9 Å². The van der Waals surface area contributed by atoms with Crippen LogP contribution in [0, 0.1) is 13.8 Å². The van der Waals surface area contributed by atoms with Gasteiger partial charge in [0.1, 0.15) is 17.2 Å². The fraction of sp³-hybridized carbons (Fsp3) is 0.346. The van der Waals surface area contributed by atoms with Crippen molar-refractivity contribution in [2.24, 2.45) is 0 Å². The first-order chi connectivity index (χ1) is 16.5. The zero-order chi connectivity index (χ0) is 23.4. The number of nitrogens with zero attached hydrogens (tertiary/aromatic N) is 4. The fourth-order valence-electron chi connectivity index (χ4n) is 5.57. The highest BCUT2D eigenvalue weighted by molar-refractivity contribution is 5.95. The second-order valence-corrected chi connectivity index (χ2v) is 9.50. The molecule has 6 rings (SSSR count). The summed E-state index contributed by atoms with van der Waals surface area (Å²) in [7, 11) is 0. The van der Waals surface area contributed by atoms with Crippen LogP contribution in [0.5, 0.6) is 0 Å². The van der Waals surface area contributed by atoms with Crippen LogP contribution in [0.2, 0.25) is 0 Å². The highest BCUT2D eigenvalue weighted by Crippen LogP contribution is 2.38. The molecule has 1 aromatic carbocycles. The first kappa shape index (κ1) is 20.8. The molecule has 4 N–H and O–H groups in total. The molecule has 2 aliphatic heterocycles. The van der Waals surface area contributed by atoms with E-state index in [2.05, 4.69) is 37.9 Å². The summed E-state index contributed by atoms with van der Waals surface area (Å²) in [4.78, 5) is 27.8. The van der Waals surface area contributed by atoms with Crippen LogP contribution < -0.4 is 11.1 Å². The molecule has 1 atom stereocenters. The predicted octanol–water partition coefficient (Wildman–Crippen LogP) is 3.99. The van der Waals surface area contributed by atoms with E-state index in [4.69, 9.17) is 10.7 Å². The number of nitrogens with one attached hydrogen (secondary N) is 2. The quantitative estimate of drug-likeness (QED) is 0.433. The summed E-state index contributed by atoms with van der Waals surface area (Å²) in [5.41, 5.74) is 13.4. The van der Waals surface area contributed by atoms with Crippen LogP contribution in [0.1, 0.15) is 63.6 Å². The lowest BCUT2D eigenvalue weighted by Crippen LogP contribution is -2.38. The summed E-state index contributed by atoms with van der Waals surface area (Å²) in [5.74, 6) is 1.87. The lowest BCUT2D eigenvalue weighted by Gasteiger charge is -2.31. The molecule has 174 valence electrons. The number of nitrogen functional groups attached to an aromatic ring is 1. The Hall–Kier alpha value is -3.81. The Bertz CT molecular complexity index is 1370. The molecule has 1 fully saturated rings. The molecule has 0 radical (unpaired) electrons. The van der Waals surface area contributed by atoms with Crippen LogP contribution in [0.25, 0.3) is 5.52 Å². The number of nitrogens with two attached hydrogens (primary N) is 1. The van der Waals surface area contributed by atoms with E-state index in [0.717, 1.165) is 58.9 Å². The number of aromatic nitrogens is 4. The molecule has 8 heteroatoms. The van der Waals surface area contributed by atoms with Gasteiger partial charge in [0.25, 0.3) is 5.91 Å². The number of carbonyl (C=O) groups is 1. The van der Waals surface area contributed by atoms with Gasteiger partial charge in [-0.05, 0) is 44.4 Å².